The molecule has 2 heterocycles. The molecular weight excluding hydrogens is 881 g/mol. The first-order valence-electron chi connectivity index (χ1n) is 25.3. The molecule has 2 aliphatic rings. The lowest BCUT2D eigenvalue weighted by Crippen LogP contribution is -2.36. The summed E-state index contributed by atoms with van der Waals surface area (Å²) in [5.41, 5.74) is 5.80. The number of aliphatic hydroxyl groups is 1. The highest BCUT2D eigenvalue weighted by Gasteiger charge is 2.29. The number of benzene rings is 4. The number of piperidine rings is 2. The van der Waals surface area contributed by atoms with Gasteiger partial charge in [0.15, 0.2) is 23.0 Å². The first-order chi connectivity index (χ1) is 33.8. The number of methoxy groups -OCH3 is 4. The molecule has 4 aromatic carbocycles. The molecule has 386 valence electrons. The highest BCUT2D eigenvalue weighted by molar-refractivity contribution is 5.94. The molecule has 13 nitrogen and oxygen atoms in total. The maximum atomic E-state index is 12.8. The van der Waals surface area contributed by atoms with E-state index in [0.717, 1.165) is 108 Å². The van der Waals surface area contributed by atoms with E-state index in [0.29, 0.717) is 41.6 Å². The molecule has 0 saturated carbocycles. The van der Waals surface area contributed by atoms with Gasteiger partial charge in [-0.05, 0) is 198 Å². The quantitative estimate of drug-likeness (QED) is 0.0666. The number of hydrogen-bond donors (Lipinski definition) is 3. The Bertz CT molecular complexity index is 2090. The average molecular weight is 967 g/mol. The molecule has 2 amide bonds. The zero-order valence-corrected chi connectivity index (χ0v) is 44.2. The molecule has 0 aromatic heterocycles. The van der Waals surface area contributed by atoms with Crippen LogP contribution in [0.15, 0.2) is 84.9 Å². The smallest absolute Gasteiger partial charge is 0.251 e. The molecule has 0 bridgehead atoms. The van der Waals surface area contributed by atoms with Crippen LogP contribution in [0.25, 0.3) is 0 Å². The fourth-order valence-corrected chi connectivity index (χ4v) is 8.99. The molecule has 6 rings (SSSR count). The minimum absolute atomic E-state index is 0.0469. The Morgan fingerprint density at radius 1 is 0.586 bits per heavy atom. The van der Waals surface area contributed by atoms with E-state index in [1.54, 1.807) is 28.4 Å². The molecule has 0 aliphatic carbocycles. The van der Waals surface area contributed by atoms with E-state index >= 15 is 0 Å². The molecule has 2 fully saturated rings. The van der Waals surface area contributed by atoms with Crippen LogP contribution in [0.5, 0.6) is 23.0 Å². The lowest BCUT2D eigenvalue weighted by Gasteiger charge is -2.34. The highest BCUT2D eigenvalue weighted by atomic mass is 16.5. The maximum Gasteiger partial charge on any atom is 0.251 e. The second-order valence-electron chi connectivity index (χ2n) is 19.5. The zero-order valence-electron chi connectivity index (χ0n) is 44.2. The van der Waals surface area contributed by atoms with E-state index in [1.807, 2.05) is 119 Å². The van der Waals surface area contributed by atoms with E-state index in [9.17, 15) is 14.7 Å². The van der Waals surface area contributed by atoms with Gasteiger partial charge in [-0.25, -0.2) is 0 Å². The molecule has 2 aliphatic heterocycles. The number of para-hydroxylation sites is 2. The summed E-state index contributed by atoms with van der Waals surface area (Å²) in [6.45, 7) is 7.22. The Labute approximate surface area is 420 Å². The van der Waals surface area contributed by atoms with Crippen molar-refractivity contribution in [1.29, 1.82) is 0 Å². The predicted molar refractivity (Wildman–Crippen MR) is 284 cm³/mol. The highest BCUT2D eigenvalue weighted by Crippen LogP contribution is 2.40. The van der Waals surface area contributed by atoms with E-state index in [1.165, 1.54) is 29.5 Å². The second kappa shape index (κ2) is 31.2. The van der Waals surface area contributed by atoms with Crippen molar-refractivity contribution in [1.82, 2.24) is 30.2 Å². The molecule has 0 radical (unpaired) electrons. The van der Waals surface area contributed by atoms with Crippen LogP contribution >= 0.6 is 0 Å². The number of aliphatic hydroxyl groups excluding tert-OH is 1. The van der Waals surface area contributed by atoms with Crippen molar-refractivity contribution in [3.63, 3.8) is 0 Å². The summed E-state index contributed by atoms with van der Waals surface area (Å²) >= 11 is 0. The van der Waals surface area contributed by atoms with Crippen LogP contribution in [0.3, 0.4) is 0 Å². The SMILES string of the molecule is CN(C)C.CN(C)C.COc1cccc(CC2CCN(CCc3ccc(C(=O)NCCCCCNC(=O)c4ccc(CCN5CCC(C(O)c6cccc(OC)c6OC)CC5)cc4)cc3)CC2)c1OC. The van der Waals surface area contributed by atoms with Crippen LogP contribution in [0.1, 0.15) is 94.0 Å². The average Bonchev–Trinajstić information content (AvgIpc) is 3.36. The third kappa shape index (κ3) is 19.5. The Balaban J connectivity index is 0.00000124. The number of amides is 2. The van der Waals surface area contributed by atoms with E-state index < -0.39 is 6.10 Å². The molecule has 4 aromatic rings. The fourth-order valence-electron chi connectivity index (χ4n) is 8.99. The van der Waals surface area contributed by atoms with Gasteiger partial charge >= 0.3 is 0 Å². The summed E-state index contributed by atoms with van der Waals surface area (Å²) in [5, 5.41) is 17.3. The van der Waals surface area contributed by atoms with Crippen molar-refractivity contribution in [2.75, 3.05) is 123 Å². The Morgan fingerprint density at radius 3 is 1.46 bits per heavy atom. The van der Waals surface area contributed by atoms with Crippen molar-refractivity contribution < 1.29 is 33.6 Å². The van der Waals surface area contributed by atoms with Gasteiger partial charge in [0.25, 0.3) is 11.8 Å². The fraction of sp³-hybridized carbons (Fsp3) is 0.544. The number of carbonyl (C=O) groups is 2. The lowest BCUT2D eigenvalue weighted by molar-refractivity contribution is 0.0572. The van der Waals surface area contributed by atoms with Crippen LogP contribution in [-0.2, 0) is 19.3 Å². The first kappa shape index (κ1) is 57.4. The molecule has 1 unspecified atom stereocenters. The van der Waals surface area contributed by atoms with E-state index in [4.69, 9.17) is 18.9 Å². The standard InChI is InChI=1S/C51H68N4O7.2C3H9N/c1-59-45-12-8-10-43(48(45)61-3)36-39-24-32-54(33-25-39)30-22-37-14-18-41(19-15-37)50(57)52-28-6-5-7-29-53-51(58)42-20-16-38(17-21-42)23-31-55-34-26-40(27-35-55)47(56)44-11-9-13-46(60-2)49(44)62-4;2*1-4(2)3/h8-21,39-40,47,56H,5-7,22-36H2,1-4H3,(H,52,57)(H,53,58);2*1-3H3. The van der Waals surface area contributed by atoms with E-state index in [-0.39, 0.29) is 17.7 Å². The lowest BCUT2D eigenvalue weighted by atomic mass is 9.87. The predicted octanol–water partition coefficient (Wildman–Crippen LogP) is 7.89. The van der Waals surface area contributed by atoms with Gasteiger partial charge in [-0.1, -0.05) is 48.5 Å². The number of likely N-dealkylation sites (tertiary alicyclic amines) is 2. The molecular formula is C57H86N6O7. The third-order valence-electron chi connectivity index (χ3n) is 12.8. The largest absolute Gasteiger partial charge is 0.493 e. The Kier molecular flexibility index (Phi) is 25.6. The monoisotopic (exact) mass is 967 g/mol. The van der Waals surface area contributed by atoms with Gasteiger partial charge in [-0.3, -0.25) is 9.59 Å². The summed E-state index contributed by atoms with van der Waals surface area (Å²) in [4.78, 5) is 34.6. The number of nitrogens with zero attached hydrogens (tertiary/aromatic N) is 4. The molecule has 3 N–H and O–H groups in total. The van der Waals surface area contributed by atoms with Crippen LogP contribution < -0.4 is 29.6 Å². The van der Waals surface area contributed by atoms with Crippen molar-refractivity contribution >= 4 is 11.8 Å². The number of hydrogen-bond acceptors (Lipinski definition) is 11. The summed E-state index contributed by atoms with van der Waals surface area (Å²) in [6, 6.07) is 27.7. The normalized spacial score (nSPS) is 15.0. The Hall–Kier alpha value is -5.18. The van der Waals surface area contributed by atoms with Gasteiger partial charge < -0.3 is 54.3 Å². The number of rotatable bonds is 22. The number of ether oxygens (including phenoxy) is 4. The van der Waals surface area contributed by atoms with Crippen molar-refractivity contribution in [3.05, 3.63) is 118 Å². The van der Waals surface area contributed by atoms with Crippen molar-refractivity contribution in [2.45, 2.75) is 70.3 Å². The van der Waals surface area contributed by atoms with Crippen LogP contribution in [0.4, 0.5) is 0 Å². The van der Waals surface area contributed by atoms with Crippen LogP contribution in [-0.4, -0.2) is 160 Å². The zero-order chi connectivity index (χ0) is 50.8. The van der Waals surface area contributed by atoms with Crippen LogP contribution in [0, 0.1) is 11.8 Å². The summed E-state index contributed by atoms with van der Waals surface area (Å²) in [6.07, 6.45) is 9.08. The number of nitrogens with one attached hydrogen (secondary N) is 2. The molecule has 1 atom stereocenters. The summed E-state index contributed by atoms with van der Waals surface area (Å²) < 4.78 is 22.1. The number of unbranched alkanes of at least 4 members (excludes halogenated alkanes) is 2. The van der Waals surface area contributed by atoms with Gasteiger partial charge in [0, 0.05) is 42.9 Å². The maximum absolute atomic E-state index is 12.8. The van der Waals surface area contributed by atoms with Gasteiger partial charge in [0.2, 0.25) is 0 Å². The van der Waals surface area contributed by atoms with Gasteiger partial charge in [-0.15, -0.1) is 0 Å². The Morgan fingerprint density at radius 2 is 1.01 bits per heavy atom. The molecule has 13 heteroatoms. The topological polar surface area (TPSA) is 128 Å². The minimum atomic E-state index is -0.594. The van der Waals surface area contributed by atoms with Gasteiger partial charge in [0.05, 0.1) is 34.5 Å². The molecule has 0 spiro atoms. The van der Waals surface area contributed by atoms with Crippen molar-refractivity contribution in [3.8, 4) is 23.0 Å². The molecule has 70 heavy (non-hydrogen) atoms. The van der Waals surface area contributed by atoms with Crippen LogP contribution in [0.2, 0.25) is 0 Å². The first-order valence-corrected chi connectivity index (χ1v) is 25.3. The van der Waals surface area contributed by atoms with Gasteiger partial charge in [0.1, 0.15) is 0 Å². The minimum Gasteiger partial charge on any atom is -0.493 e. The number of carbonyl (C=O) groups excluding carboxylic acids is 2. The van der Waals surface area contributed by atoms with Crippen molar-refractivity contribution in [2.24, 2.45) is 11.8 Å². The summed E-state index contributed by atoms with van der Waals surface area (Å²) in [5.74, 6) is 3.59. The third-order valence-corrected chi connectivity index (χ3v) is 12.8. The summed E-state index contributed by atoms with van der Waals surface area (Å²) in [7, 11) is 18.6. The van der Waals surface area contributed by atoms with E-state index in [2.05, 4.69) is 38.6 Å². The second-order valence-corrected chi connectivity index (χ2v) is 19.5. The molecule has 2 saturated heterocycles. The van der Waals surface area contributed by atoms with Gasteiger partial charge in [-0.2, -0.15) is 0 Å².